The molecule has 0 aromatic heterocycles. The molecule has 0 rings (SSSR count). The van der Waals surface area contributed by atoms with Crippen LogP contribution in [-0.4, -0.2) is 37.4 Å². The minimum absolute atomic E-state index is 0.449. The van der Waals surface area contributed by atoms with Crippen LogP contribution in [0.15, 0.2) is 0 Å². The van der Waals surface area contributed by atoms with Crippen LogP contribution in [0.25, 0.3) is 0 Å². The van der Waals surface area contributed by atoms with Gasteiger partial charge in [0.05, 0.1) is 6.07 Å². The number of hydrogen-bond donors (Lipinski definition) is 0. The second-order valence-electron chi connectivity index (χ2n) is 3.08. The van der Waals surface area contributed by atoms with Crippen LogP contribution in [0.1, 0.15) is 0 Å². The summed E-state index contributed by atoms with van der Waals surface area (Å²) in [7, 11) is -6.54. The molecule has 13 heteroatoms. The molecule has 0 spiro atoms. The molecule has 19 heavy (non-hydrogen) atoms. The summed E-state index contributed by atoms with van der Waals surface area (Å²) in [6, 6.07) is 0.449. The molecule has 0 bridgehead atoms. The Labute approximate surface area is 99.1 Å². The highest BCUT2D eigenvalue weighted by Gasteiger charge is 2.85. The first kappa shape index (κ1) is 17.8. The Hall–Kier alpha value is -1.19. The normalized spacial score (nSPS) is 15.2. The summed E-state index contributed by atoms with van der Waals surface area (Å²) in [6.07, 6.45) is -7.11. The van der Waals surface area contributed by atoms with Crippen molar-refractivity contribution in [1.82, 2.24) is 0 Å². The van der Waals surface area contributed by atoms with Crippen molar-refractivity contribution in [2.75, 3.05) is 5.75 Å². The third-order valence-corrected chi connectivity index (χ3v) is 3.31. The summed E-state index contributed by atoms with van der Waals surface area (Å²) in [6.45, 7) is 0. The highest BCUT2D eigenvalue weighted by atomic mass is 32.2. The molecule has 0 heterocycles. The van der Waals surface area contributed by atoms with Gasteiger partial charge in [-0.1, -0.05) is 0 Å². The standard InChI is InChI=1S/C6H2F9NO2S/c7-3(8,5(11,12)13)4(9,10)6(14,15)19(17,18)2-1-16/h2H2. The molecule has 0 N–H and O–H groups in total. The van der Waals surface area contributed by atoms with E-state index in [9.17, 15) is 47.9 Å². The minimum Gasteiger partial charge on any atom is -0.221 e. The number of rotatable bonds is 4. The van der Waals surface area contributed by atoms with Gasteiger partial charge in [-0.3, -0.25) is 0 Å². The molecule has 0 aliphatic heterocycles. The van der Waals surface area contributed by atoms with Gasteiger partial charge in [0, 0.05) is 0 Å². The Bertz CT molecular complexity index is 486. The lowest BCUT2D eigenvalue weighted by Crippen LogP contribution is -2.63. The van der Waals surface area contributed by atoms with Gasteiger partial charge in [-0.2, -0.15) is 44.8 Å². The molecular weight excluding hydrogens is 321 g/mol. The van der Waals surface area contributed by atoms with E-state index >= 15 is 0 Å². The topological polar surface area (TPSA) is 57.9 Å². The van der Waals surface area contributed by atoms with Gasteiger partial charge in [0.2, 0.25) is 9.84 Å². The molecule has 0 radical (unpaired) electrons. The van der Waals surface area contributed by atoms with E-state index in [0.717, 1.165) is 0 Å². The van der Waals surface area contributed by atoms with Crippen molar-refractivity contribution in [2.45, 2.75) is 23.3 Å². The predicted molar refractivity (Wildman–Crippen MR) is 40.3 cm³/mol. The molecule has 0 aromatic carbocycles. The summed E-state index contributed by atoms with van der Waals surface area (Å²) in [5, 5.41) is 1.01. The number of alkyl halides is 9. The smallest absolute Gasteiger partial charge is 0.221 e. The summed E-state index contributed by atoms with van der Waals surface area (Å²) >= 11 is 0. The summed E-state index contributed by atoms with van der Waals surface area (Å²) < 4.78 is 131. The van der Waals surface area contributed by atoms with Crippen molar-refractivity contribution in [3.8, 4) is 6.07 Å². The fraction of sp³-hybridized carbons (Fsp3) is 0.833. The molecule has 0 fully saturated rings. The van der Waals surface area contributed by atoms with Crippen molar-refractivity contribution < 1.29 is 47.9 Å². The van der Waals surface area contributed by atoms with Crippen LogP contribution in [0, 0.1) is 11.3 Å². The summed E-state index contributed by atoms with van der Waals surface area (Å²) in [5.74, 6) is -16.9. The second kappa shape index (κ2) is 4.43. The van der Waals surface area contributed by atoms with Crippen molar-refractivity contribution >= 4 is 9.84 Å². The molecule has 0 saturated heterocycles. The van der Waals surface area contributed by atoms with Gasteiger partial charge in [0.15, 0.2) is 0 Å². The van der Waals surface area contributed by atoms with Gasteiger partial charge in [0.1, 0.15) is 5.75 Å². The second-order valence-corrected chi connectivity index (χ2v) is 5.11. The monoisotopic (exact) mass is 323 g/mol. The van der Waals surface area contributed by atoms with Crippen molar-refractivity contribution in [3.05, 3.63) is 0 Å². The first-order valence-electron chi connectivity index (χ1n) is 3.85. The average Bonchev–Trinajstić information content (AvgIpc) is 2.14. The number of nitrogens with zero attached hydrogens (tertiary/aromatic N) is 1. The van der Waals surface area contributed by atoms with E-state index < -0.39 is 38.9 Å². The fourth-order valence-corrected chi connectivity index (χ4v) is 1.60. The van der Waals surface area contributed by atoms with Crippen molar-refractivity contribution in [2.24, 2.45) is 0 Å². The van der Waals surface area contributed by atoms with Crippen LogP contribution in [0.2, 0.25) is 0 Å². The minimum atomic E-state index is -7.30. The molecule has 0 unspecified atom stereocenters. The van der Waals surface area contributed by atoms with Crippen molar-refractivity contribution in [1.29, 1.82) is 5.26 Å². The fourth-order valence-electron chi connectivity index (χ4n) is 0.732. The SMILES string of the molecule is N#CCS(=O)(=O)C(F)(F)C(F)(F)C(F)(F)C(F)(F)F. The highest BCUT2D eigenvalue weighted by molar-refractivity contribution is 7.92. The third-order valence-electron chi connectivity index (χ3n) is 1.76. The van der Waals surface area contributed by atoms with E-state index in [-0.39, 0.29) is 0 Å². The molecule has 0 aliphatic rings. The first-order valence-corrected chi connectivity index (χ1v) is 5.51. The zero-order valence-electron chi connectivity index (χ0n) is 8.28. The van der Waals surface area contributed by atoms with Gasteiger partial charge in [-0.05, 0) is 0 Å². The lowest BCUT2D eigenvalue weighted by Gasteiger charge is -2.32. The van der Waals surface area contributed by atoms with Crippen LogP contribution < -0.4 is 0 Å². The quantitative estimate of drug-likeness (QED) is 0.746. The van der Waals surface area contributed by atoms with E-state index in [2.05, 4.69) is 0 Å². The van der Waals surface area contributed by atoms with E-state index in [4.69, 9.17) is 5.26 Å². The first-order chi connectivity index (χ1) is 8.06. The molecule has 0 aromatic rings. The maximum absolute atomic E-state index is 12.7. The Morgan fingerprint density at radius 2 is 1.21 bits per heavy atom. The Morgan fingerprint density at radius 3 is 1.47 bits per heavy atom. The Morgan fingerprint density at radius 1 is 0.842 bits per heavy atom. The van der Waals surface area contributed by atoms with Crippen molar-refractivity contribution in [3.63, 3.8) is 0 Å². The van der Waals surface area contributed by atoms with E-state index in [0.29, 0.717) is 6.07 Å². The lowest BCUT2D eigenvalue weighted by atomic mass is 10.1. The van der Waals surface area contributed by atoms with Crippen LogP contribution >= 0.6 is 0 Å². The molecule has 3 nitrogen and oxygen atoms in total. The van der Waals surface area contributed by atoms with E-state index in [1.54, 1.807) is 0 Å². The molecule has 0 aliphatic carbocycles. The third kappa shape index (κ3) is 2.45. The van der Waals surface area contributed by atoms with E-state index in [1.807, 2.05) is 0 Å². The van der Waals surface area contributed by atoms with Gasteiger partial charge >= 0.3 is 23.3 Å². The number of halogens is 9. The largest absolute Gasteiger partial charge is 0.460 e. The van der Waals surface area contributed by atoms with Crippen LogP contribution in [0.4, 0.5) is 39.5 Å². The zero-order valence-corrected chi connectivity index (χ0v) is 9.10. The zero-order chi connectivity index (χ0) is 15.9. The molecule has 0 amide bonds. The maximum Gasteiger partial charge on any atom is 0.460 e. The Balaban J connectivity index is 6.01. The van der Waals surface area contributed by atoms with Gasteiger partial charge < -0.3 is 0 Å². The molecular formula is C6H2F9NO2S. The Kier molecular flexibility index (Phi) is 4.15. The molecule has 0 atom stereocenters. The lowest BCUT2D eigenvalue weighted by molar-refractivity contribution is -0.382. The average molecular weight is 323 g/mol. The number of hydrogen-bond acceptors (Lipinski definition) is 3. The maximum atomic E-state index is 12.7. The number of nitriles is 1. The number of sulfone groups is 1. The van der Waals surface area contributed by atoms with Crippen LogP contribution in [-0.2, 0) is 9.84 Å². The van der Waals surface area contributed by atoms with Gasteiger partial charge in [0.25, 0.3) is 0 Å². The van der Waals surface area contributed by atoms with Gasteiger partial charge in [-0.25, -0.2) is 8.42 Å². The predicted octanol–water partition coefficient (Wildman–Crippen LogP) is 2.35. The van der Waals surface area contributed by atoms with Crippen LogP contribution in [0.3, 0.4) is 0 Å². The summed E-state index contributed by atoms with van der Waals surface area (Å²) in [5.41, 5.74) is 0. The summed E-state index contributed by atoms with van der Waals surface area (Å²) in [4.78, 5) is 0. The molecule has 112 valence electrons. The molecule has 0 saturated carbocycles. The highest BCUT2D eigenvalue weighted by Crippen LogP contribution is 2.54. The van der Waals surface area contributed by atoms with Gasteiger partial charge in [-0.15, -0.1) is 0 Å². The van der Waals surface area contributed by atoms with Crippen LogP contribution in [0.5, 0.6) is 0 Å². The van der Waals surface area contributed by atoms with E-state index in [1.165, 1.54) is 0 Å².